The lowest BCUT2D eigenvalue weighted by Crippen LogP contribution is -2.35. The van der Waals surface area contributed by atoms with Crippen molar-refractivity contribution in [1.82, 2.24) is 4.98 Å². The van der Waals surface area contributed by atoms with Gasteiger partial charge in [-0.2, -0.15) is 0 Å². The first-order chi connectivity index (χ1) is 8.66. The van der Waals surface area contributed by atoms with Crippen LogP contribution in [0.15, 0.2) is 24.3 Å². The molecule has 1 aliphatic heterocycles. The number of pyridine rings is 1. The van der Waals surface area contributed by atoms with E-state index in [0.717, 1.165) is 18.9 Å². The van der Waals surface area contributed by atoms with Gasteiger partial charge in [-0.3, -0.25) is 9.69 Å². The summed E-state index contributed by atoms with van der Waals surface area (Å²) in [5.74, 6) is -0.350. The Kier molecular flexibility index (Phi) is 3.72. The fourth-order valence-corrected chi connectivity index (χ4v) is 1.89. The van der Waals surface area contributed by atoms with Crippen LogP contribution in [0.4, 0.5) is 5.82 Å². The molecule has 0 atom stereocenters. The normalized spacial score (nSPS) is 16.2. The van der Waals surface area contributed by atoms with Crippen LogP contribution in [0.3, 0.4) is 0 Å². The van der Waals surface area contributed by atoms with E-state index in [1.165, 1.54) is 6.08 Å². The third kappa shape index (κ3) is 2.94. The zero-order valence-corrected chi connectivity index (χ0v) is 9.87. The van der Waals surface area contributed by atoms with Crippen molar-refractivity contribution < 1.29 is 14.7 Å². The van der Waals surface area contributed by atoms with Crippen molar-refractivity contribution in [2.24, 2.45) is 0 Å². The Bertz CT molecular complexity index is 497. The van der Waals surface area contributed by atoms with Gasteiger partial charge in [-0.15, -0.1) is 0 Å². The Hall–Kier alpha value is -2.17. The third-order valence-electron chi connectivity index (χ3n) is 2.75. The number of hydrogen-bond donors (Lipinski definition) is 1. The molecule has 1 N–H and O–H groups in total. The summed E-state index contributed by atoms with van der Waals surface area (Å²) in [7, 11) is 0. The average molecular weight is 246 g/mol. The number of anilines is 1. The van der Waals surface area contributed by atoms with E-state index in [-0.39, 0.29) is 5.91 Å². The zero-order valence-electron chi connectivity index (χ0n) is 9.87. The van der Waals surface area contributed by atoms with Gasteiger partial charge in [0, 0.05) is 19.0 Å². The van der Waals surface area contributed by atoms with Gasteiger partial charge >= 0.3 is 5.97 Å². The monoisotopic (exact) mass is 246 g/mol. The summed E-state index contributed by atoms with van der Waals surface area (Å²) in [6.07, 6.45) is 4.90. The molecule has 0 radical (unpaired) electrons. The van der Waals surface area contributed by atoms with Gasteiger partial charge in [0.05, 0.1) is 5.69 Å². The molecule has 2 heterocycles. The standard InChI is InChI=1S/C13H14N2O3/c16-12-6-1-2-9-15(12)11-5-3-4-10(14-11)7-8-13(17)18/h3-5,7-8H,1-2,6,9H2,(H,17,18). The summed E-state index contributed by atoms with van der Waals surface area (Å²) < 4.78 is 0. The summed E-state index contributed by atoms with van der Waals surface area (Å²) in [5, 5.41) is 8.56. The number of carbonyl (C=O) groups is 2. The van der Waals surface area contributed by atoms with Crippen LogP contribution in [0.25, 0.3) is 6.08 Å². The Morgan fingerprint density at radius 2 is 2.22 bits per heavy atom. The van der Waals surface area contributed by atoms with Gasteiger partial charge in [0.15, 0.2) is 0 Å². The van der Waals surface area contributed by atoms with E-state index in [1.54, 1.807) is 23.1 Å². The highest BCUT2D eigenvalue weighted by Gasteiger charge is 2.20. The number of aliphatic carboxylic acids is 1. The Labute approximate surface area is 105 Å². The molecule has 1 aromatic rings. The highest BCUT2D eigenvalue weighted by Crippen LogP contribution is 2.19. The van der Waals surface area contributed by atoms with Crippen molar-refractivity contribution in [2.45, 2.75) is 19.3 Å². The maximum atomic E-state index is 11.7. The summed E-state index contributed by atoms with van der Waals surface area (Å²) in [6, 6.07) is 5.24. The summed E-state index contributed by atoms with van der Waals surface area (Å²) >= 11 is 0. The first-order valence-electron chi connectivity index (χ1n) is 5.85. The van der Waals surface area contributed by atoms with Gasteiger partial charge in [-0.25, -0.2) is 9.78 Å². The number of carboxylic acid groups (broad SMARTS) is 1. The van der Waals surface area contributed by atoms with E-state index in [1.807, 2.05) is 0 Å². The van der Waals surface area contributed by atoms with Crippen LogP contribution in [-0.2, 0) is 9.59 Å². The molecular formula is C13H14N2O3. The molecule has 5 nitrogen and oxygen atoms in total. The second-order valence-electron chi connectivity index (χ2n) is 4.09. The quantitative estimate of drug-likeness (QED) is 0.824. The van der Waals surface area contributed by atoms with Crippen LogP contribution in [0.2, 0.25) is 0 Å². The van der Waals surface area contributed by atoms with Crippen molar-refractivity contribution in [2.75, 3.05) is 11.4 Å². The molecule has 0 bridgehead atoms. The predicted molar refractivity (Wildman–Crippen MR) is 67.1 cm³/mol. The zero-order chi connectivity index (χ0) is 13.0. The molecular weight excluding hydrogens is 232 g/mol. The number of piperidine rings is 1. The van der Waals surface area contributed by atoms with E-state index in [9.17, 15) is 9.59 Å². The van der Waals surface area contributed by atoms with Crippen LogP contribution < -0.4 is 4.90 Å². The topological polar surface area (TPSA) is 70.5 Å². The highest BCUT2D eigenvalue weighted by molar-refractivity contribution is 5.93. The van der Waals surface area contributed by atoms with Gasteiger partial charge in [-0.1, -0.05) is 6.07 Å². The number of amides is 1. The largest absolute Gasteiger partial charge is 0.478 e. The minimum Gasteiger partial charge on any atom is -0.478 e. The molecule has 1 aliphatic rings. The summed E-state index contributed by atoms with van der Waals surface area (Å²) in [4.78, 5) is 28.1. The smallest absolute Gasteiger partial charge is 0.328 e. The highest BCUT2D eigenvalue weighted by atomic mass is 16.4. The summed E-state index contributed by atoms with van der Waals surface area (Å²) in [5.41, 5.74) is 0.535. The van der Waals surface area contributed by atoms with E-state index in [4.69, 9.17) is 5.11 Å². The van der Waals surface area contributed by atoms with Gasteiger partial charge in [0.2, 0.25) is 5.91 Å². The van der Waals surface area contributed by atoms with Gasteiger partial charge < -0.3 is 5.11 Å². The molecule has 0 saturated carbocycles. The molecule has 0 aromatic carbocycles. The molecule has 0 aliphatic carbocycles. The number of hydrogen-bond acceptors (Lipinski definition) is 3. The van der Waals surface area contributed by atoms with Crippen molar-refractivity contribution in [3.8, 4) is 0 Å². The second-order valence-corrected chi connectivity index (χ2v) is 4.09. The molecule has 1 fully saturated rings. The number of carboxylic acids is 1. The maximum Gasteiger partial charge on any atom is 0.328 e. The summed E-state index contributed by atoms with van der Waals surface area (Å²) in [6.45, 7) is 0.679. The lowest BCUT2D eigenvalue weighted by Gasteiger charge is -2.25. The van der Waals surface area contributed by atoms with Gasteiger partial charge in [0.1, 0.15) is 5.82 Å². The molecule has 5 heteroatoms. The third-order valence-corrected chi connectivity index (χ3v) is 2.75. The first kappa shape index (κ1) is 12.3. The lowest BCUT2D eigenvalue weighted by atomic mass is 10.1. The SMILES string of the molecule is O=C(O)C=Cc1cccc(N2CCCCC2=O)n1. The van der Waals surface area contributed by atoms with Crippen molar-refractivity contribution in [3.05, 3.63) is 30.0 Å². The second kappa shape index (κ2) is 5.44. The fraction of sp³-hybridized carbons (Fsp3) is 0.308. The molecule has 1 saturated heterocycles. The van der Waals surface area contributed by atoms with E-state index in [2.05, 4.69) is 4.98 Å². The molecule has 2 rings (SSSR count). The minimum absolute atomic E-state index is 0.0770. The van der Waals surface area contributed by atoms with Crippen LogP contribution in [0.1, 0.15) is 25.0 Å². The van der Waals surface area contributed by atoms with Crippen LogP contribution in [0, 0.1) is 0 Å². The average Bonchev–Trinajstić information content (AvgIpc) is 2.37. The predicted octanol–water partition coefficient (Wildman–Crippen LogP) is 1.70. The lowest BCUT2D eigenvalue weighted by molar-refractivity contribution is -0.131. The molecule has 1 amide bonds. The minimum atomic E-state index is -1.02. The van der Waals surface area contributed by atoms with Crippen molar-refractivity contribution in [1.29, 1.82) is 0 Å². The Morgan fingerprint density at radius 3 is 2.94 bits per heavy atom. The Balaban J connectivity index is 2.21. The number of nitrogens with zero attached hydrogens (tertiary/aromatic N) is 2. The van der Waals surface area contributed by atoms with Crippen molar-refractivity contribution in [3.63, 3.8) is 0 Å². The van der Waals surface area contributed by atoms with Gasteiger partial charge in [0.25, 0.3) is 0 Å². The van der Waals surface area contributed by atoms with Crippen LogP contribution >= 0.6 is 0 Å². The Morgan fingerprint density at radius 1 is 1.39 bits per heavy atom. The van der Waals surface area contributed by atoms with Crippen LogP contribution in [-0.4, -0.2) is 28.5 Å². The molecule has 0 spiro atoms. The van der Waals surface area contributed by atoms with Gasteiger partial charge in [-0.05, 0) is 31.1 Å². The number of aromatic nitrogens is 1. The maximum absolute atomic E-state index is 11.7. The van der Waals surface area contributed by atoms with Crippen molar-refractivity contribution >= 4 is 23.8 Å². The van der Waals surface area contributed by atoms with E-state index in [0.29, 0.717) is 24.5 Å². The van der Waals surface area contributed by atoms with E-state index >= 15 is 0 Å². The first-order valence-corrected chi connectivity index (χ1v) is 5.85. The fourth-order valence-electron chi connectivity index (χ4n) is 1.89. The molecule has 1 aromatic heterocycles. The molecule has 18 heavy (non-hydrogen) atoms. The molecule has 0 unspecified atom stereocenters. The van der Waals surface area contributed by atoms with Crippen LogP contribution in [0.5, 0.6) is 0 Å². The number of carbonyl (C=O) groups excluding carboxylic acids is 1. The number of rotatable bonds is 3. The van der Waals surface area contributed by atoms with E-state index < -0.39 is 5.97 Å². The molecule has 94 valence electrons.